The Kier molecular flexibility index (Phi) is 10.8. The Hall–Kier alpha value is -4.19. The molecule has 1 heterocycles. The monoisotopic (exact) mass is 557 g/mol. The highest BCUT2D eigenvalue weighted by molar-refractivity contribution is 5.90. The van der Waals surface area contributed by atoms with Crippen LogP contribution < -0.4 is 15.4 Å². The van der Waals surface area contributed by atoms with Crippen molar-refractivity contribution in [1.82, 2.24) is 10.6 Å². The summed E-state index contributed by atoms with van der Waals surface area (Å²) in [6.07, 6.45) is -1.41. The summed E-state index contributed by atoms with van der Waals surface area (Å²) in [6, 6.07) is 13.0. The van der Waals surface area contributed by atoms with E-state index in [1.807, 2.05) is 30.3 Å². The Morgan fingerprint density at radius 1 is 0.875 bits per heavy atom. The van der Waals surface area contributed by atoms with Gasteiger partial charge in [-0.15, -0.1) is 0 Å². The van der Waals surface area contributed by atoms with Gasteiger partial charge in [-0.25, -0.2) is 9.59 Å². The largest absolute Gasteiger partial charge is 0.491 e. The summed E-state index contributed by atoms with van der Waals surface area (Å²) in [6.45, 7) is 7.31. The molecule has 12 nitrogen and oxygen atoms in total. The first kappa shape index (κ1) is 30.4. The van der Waals surface area contributed by atoms with Crippen LogP contribution in [-0.4, -0.2) is 60.4 Å². The summed E-state index contributed by atoms with van der Waals surface area (Å²) in [7, 11) is 0. The molecular formula is C28H35N3O9. The first-order valence-electron chi connectivity index (χ1n) is 13.0. The Labute approximate surface area is 232 Å². The fraction of sp³-hybridized carbons (Fsp3) is 0.464. The van der Waals surface area contributed by atoms with Gasteiger partial charge in [0.25, 0.3) is 5.69 Å². The van der Waals surface area contributed by atoms with Crippen molar-refractivity contribution in [2.24, 2.45) is 11.8 Å². The molecule has 3 rings (SSSR count). The lowest BCUT2D eigenvalue weighted by Gasteiger charge is -2.26. The van der Waals surface area contributed by atoms with Crippen LogP contribution >= 0.6 is 0 Å². The predicted octanol–water partition coefficient (Wildman–Crippen LogP) is 3.38. The molecule has 216 valence electrons. The van der Waals surface area contributed by atoms with Crippen molar-refractivity contribution in [2.75, 3.05) is 13.2 Å². The maximum Gasteiger partial charge on any atom is 0.408 e. The third kappa shape index (κ3) is 9.23. The molecule has 12 heteroatoms. The maximum atomic E-state index is 13.0. The van der Waals surface area contributed by atoms with Crippen molar-refractivity contribution in [3.63, 3.8) is 0 Å². The summed E-state index contributed by atoms with van der Waals surface area (Å²) in [4.78, 5) is 48.4. The van der Waals surface area contributed by atoms with Gasteiger partial charge in [0.2, 0.25) is 5.91 Å². The van der Waals surface area contributed by atoms with Gasteiger partial charge in [0.1, 0.15) is 49.9 Å². The first-order chi connectivity index (χ1) is 19.0. The number of epoxide rings is 1. The zero-order valence-electron chi connectivity index (χ0n) is 22.9. The van der Waals surface area contributed by atoms with E-state index in [0.717, 1.165) is 5.56 Å². The molecule has 0 aromatic heterocycles. The number of nitro benzene ring substituents is 1. The van der Waals surface area contributed by atoms with Gasteiger partial charge in [-0.2, -0.15) is 0 Å². The number of non-ortho nitro benzene ring substituents is 1. The van der Waals surface area contributed by atoms with E-state index in [1.165, 1.54) is 24.3 Å². The van der Waals surface area contributed by atoms with Gasteiger partial charge < -0.3 is 29.6 Å². The van der Waals surface area contributed by atoms with E-state index >= 15 is 0 Å². The maximum absolute atomic E-state index is 13.0. The SMILES string of the molecule is CC(C)[C@@H](NC(=O)OCc1ccccc1)C(=O)N[C@@H](C(=O)OC[C@@H]1O[C@@H]1COc1ccc([N+](=O)[O-])cc1)C(C)C. The van der Waals surface area contributed by atoms with Crippen LogP contribution in [0.5, 0.6) is 5.75 Å². The van der Waals surface area contributed by atoms with E-state index in [2.05, 4.69) is 10.6 Å². The third-order valence-electron chi connectivity index (χ3n) is 6.19. The number of hydrogen-bond acceptors (Lipinski definition) is 9. The Morgan fingerprint density at radius 3 is 2.10 bits per heavy atom. The number of nitrogens with one attached hydrogen (secondary N) is 2. The predicted molar refractivity (Wildman–Crippen MR) is 143 cm³/mol. The molecule has 1 aliphatic rings. The van der Waals surface area contributed by atoms with Crippen molar-refractivity contribution in [2.45, 2.75) is 58.6 Å². The zero-order chi connectivity index (χ0) is 29.2. The molecule has 1 fully saturated rings. The van der Waals surface area contributed by atoms with E-state index in [1.54, 1.807) is 27.7 Å². The van der Waals surface area contributed by atoms with Crippen molar-refractivity contribution in [3.8, 4) is 5.75 Å². The third-order valence-corrected chi connectivity index (χ3v) is 6.19. The number of esters is 1. The van der Waals surface area contributed by atoms with E-state index < -0.39 is 35.0 Å². The molecule has 1 saturated heterocycles. The molecule has 0 radical (unpaired) electrons. The second-order valence-corrected chi connectivity index (χ2v) is 10.1. The summed E-state index contributed by atoms with van der Waals surface area (Å²) in [5, 5.41) is 16.0. The number of hydrogen-bond donors (Lipinski definition) is 2. The van der Waals surface area contributed by atoms with E-state index in [4.69, 9.17) is 18.9 Å². The molecule has 40 heavy (non-hydrogen) atoms. The van der Waals surface area contributed by atoms with Crippen LogP contribution in [0.4, 0.5) is 10.5 Å². The van der Waals surface area contributed by atoms with E-state index in [0.29, 0.717) is 5.75 Å². The Morgan fingerprint density at radius 2 is 1.50 bits per heavy atom. The molecule has 4 atom stereocenters. The highest BCUT2D eigenvalue weighted by Crippen LogP contribution is 2.25. The number of rotatable bonds is 14. The lowest BCUT2D eigenvalue weighted by atomic mass is 10.0. The van der Waals surface area contributed by atoms with E-state index in [9.17, 15) is 24.5 Å². The lowest BCUT2D eigenvalue weighted by molar-refractivity contribution is -0.384. The van der Waals surface area contributed by atoms with Gasteiger partial charge in [0, 0.05) is 12.1 Å². The van der Waals surface area contributed by atoms with Crippen molar-refractivity contribution in [1.29, 1.82) is 0 Å². The van der Waals surface area contributed by atoms with Crippen LogP contribution in [0.3, 0.4) is 0 Å². The van der Waals surface area contributed by atoms with Gasteiger partial charge in [-0.3, -0.25) is 14.9 Å². The van der Waals surface area contributed by atoms with Crippen LogP contribution in [0.15, 0.2) is 54.6 Å². The van der Waals surface area contributed by atoms with Gasteiger partial charge >= 0.3 is 12.1 Å². The number of benzene rings is 2. The molecule has 0 bridgehead atoms. The molecule has 2 aromatic carbocycles. The van der Waals surface area contributed by atoms with Crippen molar-refractivity contribution < 1.29 is 38.3 Å². The standard InChI is InChI=1S/C28H35N3O9/c1-17(2)24(30-28(34)39-14-19-8-6-5-7-9-19)26(32)29-25(18(3)4)27(33)38-16-23-22(40-23)15-37-21-12-10-20(11-13-21)31(35)36/h5-13,17-18,22-25H,14-16H2,1-4H3,(H,29,32)(H,30,34)/t22-,23+,24-,25-/m1/s1. The number of carbonyl (C=O) groups excluding carboxylic acids is 3. The van der Waals surface area contributed by atoms with Crippen LogP contribution in [0.25, 0.3) is 0 Å². The van der Waals surface area contributed by atoms with Gasteiger partial charge in [-0.1, -0.05) is 58.0 Å². The molecule has 0 aliphatic carbocycles. The molecule has 0 saturated carbocycles. The second-order valence-electron chi connectivity index (χ2n) is 10.1. The number of ether oxygens (including phenoxy) is 4. The smallest absolute Gasteiger partial charge is 0.408 e. The summed E-state index contributed by atoms with van der Waals surface area (Å²) >= 11 is 0. The molecule has 1 aliphatic heterocycles. The van der Waals surface area contributed by atoms with Crippen LogP contribution in [0.1, 0.15) is 33.3 Å². The minimum atomic E-state index is -0.940. The highest BCUT2D eigenvalue weighted by Gasteiger charge is 2.41. The number of alkyl carbamates (subject to hydrolysis) is 1. The van der Waals surface area contributed by atoms with Gasteiger partial charge in [-0.05, 0) is 29.5 Å². The fourth-order valence-electron chi connectivity index (χ4n) is 3.74. The van der Waals surface area contributed by atoms with Crippen molar-refractivity contribution in [3.05, 3.63) is 70.3 Å². The molecule has 2 N–H and O–H groups in total. The van der Waals surface area contributed by atoms with Crippen LogP contribution in [0.2, 0.25) is 0 Å². The van der Waals surface area contributed by atoms with Crippen LogP contribution in [-0.2, 0) is 30.4 Å². The van der Waals surface area contributed by atoms with Crippen LogP contribution in [0, 0.1) is 22.0 Å². The molecule has 0 unspecified atom stereocenters. The average molecular weight is 558 g/mol. The molecule has 2 amide bonds. The highest BCUT2D eigenvalue weighted by atomic mass is 16.6. The average Bonchev–Trinajstić information content (AvgIpc) is 3.69. The normalized spacial score (nSPS) is 17.4. The van der Waals surface area contributed by atoms with Crippen molar-refractivity contribution >= 4 is 23.7 Å². The topological polar surface area (TPSA) is 159 Å². The summed E-state index contributed by atoms with van der Waals surface area (Å²) in [5.41, 5.74) is 0.774. The summed E-state index contributed by atoms with van der Waals surface area (Å²) < 4.78 is 21.7. The lowest BCUT2D eigenvalue weighted by Crippen LogP contribution is -2.55. The molecule has 2 aromatic rings. The molecular weight excluding hydrogens is 522 g/mol. The zero-order valence-corrected chi connectivity index (χ0v) is 22.9. The summed E-state index contributed by atoms with van der Waals surface area (Å²) in [5.74, 6) is -1.25. The number of nitrogens with zero attached hydrogens (tertiary/aromatic N) is 1. The fourth-order valence-corrected chi connectivity index (χ4v) is 3.74. The minimum Gasteiger partial charge on any atom is -0.491 e. The number of amides is 2. The van der Waals surface area contributed by atoms with E-state index in [-0.39, 0.29) is 49.6 Å². The van der Waals surface area contributed by atoms with Gasteiger partial charge in [0.15, 0.2) is 0 Å². The second kappa shape index (κ2) is 14.3. The first-order valence-corrected chi connectivity index (χ1v) is 13.0. The minimum absolute atomic E-state index is 0.0239. The quantitative estimate of drug-likeness (QED) is 0.154. The number of carbonyl (C=O) groups is 3. The molecule has 0 spiro atoms. The Bertz CT molecular complexity index is 1160. The Balaban J connectivity index is 1.44. The number of nitro groups is 1. The van der Waals surface area contributed by atoms with Gasteiger partial charge in [0.05, 0.1) is 4.92 Å².